The van der Waals surface area contributed by atoms with E-state index in [2.05, 4.69) is 52.4 Å². The molecule has 31 heavy (non-hydrogen) atoms. The number of nitrogens with zero attached hydrogens (tertiary/aromatic N) is 4. The van der Waals surface area contributed by atoms with Crippen molar-refractivity contribution < 1.29 is 9.53 Å². The standard InChI is InChI=1S/C23H28N6O2/c1-14-7-8-16(9-15(14)2)13-31-20-6-4-5-18(20)28-23(30)21-22(24)25-11-19(27-21)17-10-26-29(3)12-17/h7-12,18,20H,4-6,13H2,1-3H3,(H2,24,25)(H,28,30)/t18-,20-/m0/s1. The van der Waals surface area contributed by atoms with Crippen molar-refractivity contribution in [3.05, 3.63) is 59.2 Å². The second-order valence-corrected chi connectivity index (χ2v) is 8.17. The molecule has 1 saturated carbocycles. The van der Waals surface area contributed by atoms with Gasteiger partial charge in [0, 0.05) is 18.8 Å². The molecule has 1 fully saturated rings. The van der Waals surface area contributed by atoms with E-state index in [1.807, 2.05) is 13.2 Å². The van der Waals surface area contributed by atoms with Crippen molar-refractivity contribution in [2.75, 3.05) is 5.73 Å². The van der Waals surface area contributed by atoms with Crippen molar-refractivity contribution >= 4 is 11.7 Å². The molecule has 0 spiro atoms. The van der Waals surface area contributed by atoms with Crippen LogP contribution in [0.2, 0.25) is 0 Å². The third-order valence-corrected chi connectivity index (χ3v) is 5.82. The number of aromatic nitrogens is 4. The second-order valence-electron chi connectivity index (χ2n) is 8.17. The first kappa shape index (κ1) is 21.0. The summed E-state index contributed by atoms with van der Waals surface area (Å²) in [4.78, 5) is 21.5. The first-order valence-electron chi connectivity index (χ1n) is 10.5. The van der Waals surface area contributed by atoms with Crippen LogP contribution in [-0.2, 0) is 18.4 Å². The topological polar surface area (TPSA) is 108 Å². The van der Waals surface area contributed by atoms with Crippen LogP contribution in [-0.4, -0.2) is 37.8 Å². The van der Waals surface area contributed by atoms with Crippen LogP contribution >= 0.6 is 0 Å². The fourth-order valence-corrected chi connectivity index (χ4v) is 3.88. The Bertz CT molecular complexity index is 1090. The molecule has 0 radical (unpaired) electrons. The number of rotatable bonds is 6. The zero-order valence-electron chi connectivity index (χ0n) is 18.1. The molecular weight excluding hydrogens is 392 g/mol. The summed E-state index contributed by atoms with van der Waals surface area (Å²) in [6.45, 7) is 4.72. The Labute approximate surface area is 181 Å². The molecule has 4 rings (SSSR count). The fourth-order valence-electron chi connectivity index (χ4n) is 3.88. The van der Waals surface area contributed by atoms with E-state index in [1.165, 1.54) is 11.1 Å². The van der Waals surface area contributed by atoms with Gasteiger partial charge in [-0.2, -0.15) is 5.10 Å². The van der Waals surface area contributed by atoms with Gasteiger partial charge < -0.3 is 15.8 Å². The molecule has 3 aromatic rings. The normalized spacial score (nSPS) is 18.3. The molecule has 0 unspecified atom stereocenters. The van der Waals surface area contributed by atoms with E-state index in [4.69, 9.17) is 10.5 Å². The van der Waals surface area contributed by atoms with Gasteiger partial charge in [0.15, 0.2) is 11.5 Å². The Balaban J connectivity index is 1.43. The van der Waals surface area contributed by atoms with Crippen LogP contribution < -0.4 is 11.1 Å². The molecular formula is C23H28N6O2. The first-order chi connectivity index (χ1) is 14.9. The van der Waals surface area contributed by atoms with Crippen LogP contribution in [0.5, 0.6) is 0 Å². The molecule has 0 bridgehead atoms. The Morgan fingerprint density at radius 1 is 1.26 bits per heavy atom. The maximum atomic E-state index is 12.9. The van der Waals surface area contributed by atoms with Crippen molar-refractivity contribution in [3.63, 3.8) is 0 Å². The van der Waals surface area contributed by atoms with E-state index in [0.29, 0.717) is 12.3 Å². The molecule has 1 aliphatic carbocycles. The summed E-state index contributed by atoms with van der Waals surface area (Å²) in [5, 5.41) is 7.20. The summed E-state index contributed by atoms with van der Waals surface area (Å²) >= 11 is 0. The summed E-state index contributed by atoms with van der Waals surface area (Å²) < 4.78 is 7.84. The van der Waals surface area contributed by atoms with Crippen molar-refractivity contribution in [1.82, 2.24) is 25.1 Å². The molecule has 1 amide bonds. The Hall–Kier alpha value is -3.26. The molecule has 2 aromatic heterocycles. The van der Waals surface area contributed by atoms with Gasteiger partial charge in [-0.25, -0.2) is 9.97 Å². The molecule has 162 valence electrons. The van der Waals surface area contributed by atoms with Gasteiger partial charge in [0.05, 0.1) is 36.8 Å². The maximum absolute atomic E-state index is 12.9. The number of ether oxygens (including phenoxy) is 1. The molecule has 2 heterocycles. The third kappa shape index (κ3) is 4.74. The van der Waals surface area contributed by atoms with Gasteiger partial charge in [-0.3, -0.25) is 9.48 Å². The minimum atomic E-state index is -0.331. The van der Waals surface area contributed by atoms with Gasteiger partial charge in [0.1, 0.15) is 0 Å². The van der Waals surface area contributed by atoms with Crippen LogP contribution in [0.3, 0.4) is 0 Å². The minimum Gasteiger partial charge on any atom is -0.382 e. The summed E-state index contributed by atoms with van der Waals surface area (Å²) in [5.74, 6) is -0.224. The van der Waals surface area contributed by atoms with Gasteiger partial charge in [-0.1, -0.05) is 18.2 Å². The quantitative estimate of drug-likeness (QED) is 0.635. The van der Waals surface area contributed by atoms with E-state index < -0.39 is 0 Å². The van der Waals surface area contributed by atoms with E-state index >= 15 is 0 Å². The van der Waals surface area contributed by atoms with E-state index in [0.717, 1.165) is 30.4 Å². The van der Waals surface area contributed by atoms with Crippen LogP contribution in [0.1, 0.15) is 46.4 Å². The summed E-state index contributed by atoms with van der Waals surface area (Å²) in [7, 11) is 1.82. The highest BCUT2D eigenvalue weighted by molar-refractivity contribution is 5.97. The highest BCUT2D eigenvalue weighted by atomic mass is 16.5. The summed E-state index contributed by atoms with van der Waals surface area (Å²) in [6.07, 6.45) is 7.77. The molecule has 0 saturated heterocycles. The van der Waals surface area contributed by atoms with Crippen molar-refractivity contribution in [2.45, 2.75) is 51.9 Å². The maximum Gasteiger partial charge on any atom is 0.274 e. The minimum absolute atomic E-state index is 0.0405. The smallest absolute Gasteiger partial charge is 0.274 e. The largest absolute Gasteiger partial charge is 0.382 e. The zero-order chi connectivity index (χ0) is 22.0. The lowest BCUT2D eigenvalue weighted by molar-refractivity contribution is 0.0271. The van der Waals surface area contributed by atoms with Crippen LogP contribution in [0, 0.1) is 13.8 Å². The molecule has 8 heteroatoms. The first-order valence-corrected chi connectivity index (χ1v) is 10.5. The number of benzene rings is 1. The highest BCUT2D eigenvalue weighted by Gasteiger charge is 2.30. The number of aryl methyl sites for hydroxylation is 3. The van der Waals surface area contributed by atoms with Gasteiger partial charge in [-0.15, -0.1) is 0 Å². The lowest BCUT2D eigenvalue weighted by atomic mass is 10.1. The number of nitrogens with one attached hydrogen (secondary N) is 1. The average molecular weight is 421 g/mol. The molecule has 3 N–H and O–H groups in total. The van der Waals surface area contributed by atoms with Crippen LogP contribution in [0.4, 0.5) is 5.82 Å². The van der Waals surface area contributed by atoms with Gasteiger partial charge in [0.25, 0.3) is 5.91 Å². The van der Waals surface area contributed by atoms with Gasteiger partial charge >= 0.3 is 0 Å². The monoisotopic (exact) mass is 420 g/mol. The van der Waals surface area contributed by atoms with E-state index in [9.17, 15) is 4.79 Å². The Morgan fingerprint density at radius 2 is 2.10 bits per heavy atom. The number of carbonyl (C=O) groups is 1. The number of hydrogen-bond donors (Lipinski definition) is 2. The number of nitrogen functional groups attached to an aromatic ring is 1. The summed E-state index contributed by atoms with van der Waals surface area (Å²) in [6, 6.07) is 6.27. The van der Waals surface area contributed by atoms with E-state index in [-0.39, 0.29) is 29.6 Å². The van der Waals surface area contributed by atoms with Crippen molar-refractivity contribution in [2.24, 2.45) is 7.05 Å². The number of nitrogens with two attached hydrogens (primary N) is 1. The van der Waals surface area contributed by atoms with Crippen molar-refractivity contribution in [1.29, 1.82) is 0 Å². The van der Waals surface area contributed by atoms with Gasteiger partial charge in [0.2, 0.25) is 0 Å². The molecule has 8 nitrogen and oxygen atoms in total. The molecule has 1 aliphatic rings. The predicted molar refractivity (Wildman–Crippen MR) is 118 cm³/mol. The lowest BCUT2D eigenvalue weighted by Gasteiger charge is -2.22. The number of carbonyl (C=O) groups excluding carboxylic acids is 1. The van der Waals surface area contributed by atoms with E-state index in [1.54, 1.807) is 17.1 Å². The molecule has 1 aromatic carbocycles. The Kier molecular flexibility index (Phi) is 5.99. The fraction of sp³-hybridized carbons (Fsp3) is 0.391. The third-order valence-electron chi connectivity index (χ3n) is 5.82. The highest BCUT2D eigenvalue weighted by Crippen LogP contribution is 2.25. The number of anilines is 1. The number of amides is 1. The molecule has 2 atom stereocenters. The SMILES string of the molecule is Cc1ccc(CO[C@H]2CCC[C@@H]2NC(=O)c2nc(-c3cnn(C)c3)cnc2N)cc1C. The van der Waals surface area contributed by atoms with Crippen molar-refractivity contribution in [3.8, 4) is 11.3 Å². The van der Waals surface area contributed by atoms with Gasteiger partial charge in [-0.05, 0) is 49.8 Å². The Morgan fingerprint density at radius 3 is 2.84 bits per heavy atom. The average Bonchev–Trinajstić information content (AvgIpc) is 3.38. The predicted octanol–water partition coefficient (Wildman–Crippen LogP) is 2.94. The number of hydrogen-bond acceptors (Lipinski definition) is 6. The second kappa shape index (κ2) is 8.85. The van der Waals surface area contributed by atoms with Crippen LogP contribution in [0.15, 0.2) is 36.8 Å². The lowest BCUT2D eigenvalue weighted by Crippen LogP contribution is -2.41. The van der Waals surface area contributed by atoms with Crippen LogP contribution in [0.25, 0.3) is 11.3 Å². The molecule has 0 aliphatic heterocycles. The summed E-state index contributed by atoms with van der Waals surface area (Å²) in [5.41, 5.74) is 11.1. The zero-order valence-corrected chi connectivity index (χ0v) is 18.1.